The highest BCUT2D eigenvalue weighted by atomic mass is 31.2. The Balaban J connectivity index is 4.31. The van der Waals surface area contributed by atoms with E-state index < -0.39 is 26.5 Å². The van der Waals surface area contributed by atoms with Gasteiger partial charge in [0.15, 0.2) is 6.10 Å². The van der Waals surface area contributed by atoms with Crippen molar-refractivity contribution in [1.82, 2.24) is 0 Å². The van der Waals surface area contributed by atoms with Crippen LogP contribution in [-0.2, 0) is 32.7 Å². The molecule has 0 radical (unpaired) electrons. The first-order chi connectivity index (χ1) is 25.5. The third-order valence-electron chi connectivity index (χ3n) is 9.88. The topological polar surface area (TPSA) is 111 Å². The van der Waals surface area contributed by atoms with E-state index in [0.717, 1.165) is 32.1 Å². The summed E-state index contributed by atoms with van der Waals surface area (Å²) >= 11 is 0. The predicted molar refractivity (Wildman–Crippen MR) is 218 cm³/mol. The predicted octanol–water partition coefficient (Wildman–Crippen LogP) is 11.8. The molecule has 0 aliphatic heterocycles. The first kappa shape index (κ1) is 52.0. The number of rotatable bonds is 41. The maximum Gasteiger partial charge on any atom is 0.306 e. The van der Waals surface area contributed by atoms with Gasteiger partial charge in [-0.25, -0.2) is 0 Å². The Kier molecular flexibility index (Phi) is 36.0. The number of likely N-dealkylation sites (N-methyl/N-ethyl adjacent to an activating group) is 1. The van der Waals surface area contributed by atoms with Gasteiger partial charge in [-0.3, -0.25) is 14.2 Å². The van der Waals surface area contributed by atoms with Crippen molar-refractivity contribution in [2.75, 3.05) is 47.5 Å². The highest BCUT2D eigenvalue weighted by Gasteiger charge is 2.21. The number of carbonyl (C=O) groups excluding carboxylic acids is 2. The van der Waals surface area contributed by atoms with Crippen LogP contribution in [0.3, 0.4) is 0 Å². The number of quaternary nitrogens is 1. The summed E-state index contributed by atoms with van der Waals surface area (Å²) in [5, 5.41) is 0. The molecule has 0 aliphatic rings. The smallest absolute Gasteiger partial charge is 0.306 e. The van der Waals surface area contributed by atoms with Gasteiger partial charge in [0.2, 0.25) is 0 Å². The van der Waals surface area contributed by atoms with Gasteiger partial charge in [0, 0.05) is 12.8 Å². The number of phosphoric ester groups is 1. The largest absolute Gasteiger partial charge is 0.756 e. The van der Waals surface area contributed by atoms with Crippen LogP contribution in [0.15, 0.2) is 0 Å². The van der Waals surface area contributed by atoms with Crippen molar-refractivity contribution in [1.29, 1.82) is 0 Å². The van der Waals surface area contributed by atoms with Gasteiger partial charge in [0.25, 0.3) is 7.82 Å². The number of unbranched alkanes of at least 4 members (excludes halogenated alkanes) is 27. The van der Waals surface area contributed by atoms with Crippen molar-refractivity contribution in [3.8, 4) is 0 Å². The van der Waals surface area contributed by atoms with Crippen LogP contribution in [0.2, 0.25) is 0 Å². The van der Waals surface area contributed by atoms with E-state index in [1.165, 1.54) is 148 Å². The minimum Gasteiger partial charge on any atom is -0.756 e. The molecule has 0 spiro atoms. The number of phosphoric acid groups is 1. The third-order valence-corrected chi connectivity index (χ3v) is 10.8. The Bertz CT molecular complexity index is 881. The van der Waals surface area contributed by atoms with E-state index in [1.807, 2.05) is 21.1 Å². The Labute approximate surface area is 327 Å². The van der Waals surface area contributed by atoms with Gasteiger partial charge < -0.3 is 27.9 Å². The molecule has 2 unspecified atom stereocenters. The summed E-state index contributed by atoms with van der Waals surface area (Å²) in [5.74, 6) is -0.820. The number of hydrogen-bond acceptors (Lipinski definition) is 8. The maximum atomic E-state index is 12.7. The van der Waals surface area contributed by atoms with E-state index in [-0.39, 0.29) is 32.0 Å². The molecule has 0 aromatic heterocycles. The fraction of sp³-hybridized carbons (Fsp3) is 0.953. The Morgan fingerprint density at radius 3 is 1.21 bits per heavy atom. The van der Waals surface area contributed by atoms with Crippen molar-refractivity contribution < 1.29 is 42.1 Å². The molecule has 0 aliphatic carbocycles. The first-order valence-corrected chi connectivity index (χ1v) is 23.7. The quantitative estimate of drug-likeness (QED) is 0.0261. The molecular formula is C43H86NO8P. The molecule has 0 saturated heterocycles. The van der Waals surface area contributed by atoms with Gasteiger partial charge in [0.05, 0.1) is 27.7 Å². The van der Waals surface area contributed by atoms with E-state index in [0.29, 0.717) is 17.4 Å². The van der Waals surface area contributed by atoms with Gasteiger partial charge in [0.1, 0.15) is 19.8 Å². The van der Waals surface area contributed by atoms with Crippen LogP contribution in [-0.4, -0.2) is 70.0 Å². The van der Waals surface area contributed by atoms with Crippen LogP contribution in [0.5, 0.6) is 0 Å². The lowest BCUT2D eigenvalue weighted by Gasteiger charge is -2.28. The average Bonchev–Trinajstić information content (AvgIpc) is 3.10. The SMILES string of the molecule is CCCCCCCCCCCCCCCCCC(=O)OCC(COP(=O)([O-])OCC[N+](C)(C)C)OC(=O)CCCCCCCCCCCCCCCC. The second kappa shape index (κ2) is 36.6. The summed E-state index contributed by atoms with van der Waals surface area (Å²) in [7, 11) is 1.18. The molecule has 2 atom stereocenters. The molecule has 9 nitrogen and oxygen atoms in total. The summed E-state index contributed by atoms with van der Waals surface area (Å²) in [4.78, 5) is 37.5. The monoisotopic (exact) mass is 776 g/mol. The Hall–Kier alpha value is -0.990. The number of nitrogens with zero attached hydrogens (tertiary/aromatic N) is 1. The van der Waals surface area contributed by atoms with Gasteiger partial charge in [-0.2, -0.15) is 0 Å². The van der Waals surface area contributed by atoms with Gasteiger partial charge in [-0.1, -0.05) is 187 Å². The molecule has 0 bridgehead atoms. The second-order valence-electron chi connectivity index (χ2n) is 16.4. The summed E-state index contributed by atoms with van der Waals surface area (Å²) in [6, 6.07) is 0. The molecule has 0 aromatic carbocycles. The minimum absolute atomic E-state index is 0.0257. The van der Waals surface area contributed by atoms with Crippen molar-refractivity contribution in [3.63, 3.8) is 0 Å². The summed E-state index contributed by atoms with van der Waals surface area (Å²) in [6.45, 7) is 4.26. The molecule has 0 amide bonds. The van der Waals surface area contributed by atoms with Gasteiger partial charge >= 0.3 is 11.9 Å². The maximum absolute atomic E-state index is 12.7. The summed E-state index contributed by atoms with van der Waals surface area (Å²) < 4.78 is 33.9. The highest BCUT2D eigenvalue weighted by molar-refractivity contribution is 7.45. The van der Waals surface area contributed by atoms with Crippen LogP contribution in [0.25, 0.3) is 0 Å². The van der Waals surface area contributed by atoms with E-state index in [4.69, 9.17) is 18.5 Å². The van der Waals surface area contributed by atoms with E-state index >= 15 is 0 Å². The summed E-state index contributed by atoms with van der Waals surface area (Å²) in [6.07, 6.45) is 35.5. The lowest BCUT2D eigenvalue weighted by Crippen LogP contribution is -2.37. The molecule has 0 N–H and O–H groups in total. The minimum atomic E-state index is -4.61. The van der Waals surface area contributed by atoms with Crippen LogP contribution in [0.1, 0.15) is 213 Å². The number of carbonyl (C=O) groups is 2. The molecule has 316 valence electrons. The van der Waals surface area contributed by atoms with E-state index in [2.05, 4.69) is 13.8 Å². The Morgan fingerprint density at radius 1 is 0.509 bits per heavy atom. The van der Waals surface area contributed by atoms with Crippen molar-refractivity contribution in [2.45, 2.75) is 219 Å². The van der Waals surface area contributed by atoms with Crippen LogP contribution in [0, 0.1) is 0 Å². The standard InChI is InChI=1S/C43H86NO8P/c1-6-8-10-12-14-16-18-20-22-24-25-27-29-31-33-35-42(45)49-39-41(40-51-53(47,48)50-38-37-44(3,4)5)52-43(46)36-34-32-30-28-26-23-21-19-17-15-13-11-9-7-2/h41H,6-40H2,1-5H3. The molecular weight excluding hydrogens is 689 g/mol. The third kappa shape index (κ3) is 40.5. The summed E-state index contributed by atoms with van der Waals surface area (Å²) in [5.41, 5.74) is 0. The molecule has 0 heterocycles. The van der Waals surface area contributed by atoms with Crippen LogP contribution in [0.4, 0.5) is 0 Å². The van der Waals surface area contributed by atoms with Crippen molar-refractivity contribution in [2.24, 2.45) is 0 Å². The fourth-order valence-corrected chi connectivity index (χ4v) is 7.09. The number of hydrogen-bond donors (Lipinski definition) is 0. The molecule has 0 fully saturated rings. The number of ether oxygens (including phenoxy) is 2. The Morgan fingerprint density at radius 2 is 0.849 bits per heavy atom. The van der Waals surface area contributed by atoms with Gasteiger partial charge in [-0.05, 0) is 12.8 Å². The number of esters is 2. The first-order valence-electron chi connectivity index (χ1n) is 22.2. The molecule has 0 aromatic rings. The fourth-order valence-electron chi connectivity index (χ4n) is 6.36. The molecule has 53 heavy (non-hydrogen) atoms. The van der Waals surface area contributed by atoms with E-state index in [1.54, 1.807) is 0 Å². The average molecular weight is 776 g/mol. The zero-order valence-electron chi connectivity index (χ0n) is 35.5. The zero-order chi connectivity index (χ0) is 39.3. The van der Waals surface area contributed by atoms with Crippen molar-refractivity contribution >= 4 is 19.8 Å². The lowest BCUT2D eigenvalue weighted by atomic mass is 10.0. The molecule has 0 saturated carbocycles. The second-order valence-corrected chi connectivity index (χ2v) is 17.8. The normalized spacial score (nSPS) is 13.5. The highest BCUT2D eigenvalue weighted by Crippen LogP contribution is 2.38. The van der Waals surface area contributed by atoms with E-state index in [9.17, 15) is 19.0 Å². The van der Waals surface area contributed by atoms with Crippen LogP contribution < -0.4 is 4.89 Å². The van der Waals surface area contributed by atoms with Crippen molar-refractivity contribution in [3.05, 3.63) is 0 Å². The van der Waals surface area contributed by atoms with Crippen LogP contribution >= 0.6 is 7.82 Å². The van der Waals surface area contributed by atoms with Gasteiger partial charge in [-0.15, -0.1) is 0 Å². The molecule has 0 rings (SSSR count). The lowest BCUT2D eigenvalue weighted by molar-refractivity contribution is -0.870. The molecule has 10 heteroatoms. The zero-order valence-corrected chi connectivity index (χ0v) is 36.4.